The Labute approximate surface area is 101 Å². The second kappa shape index (κ2) is 5.84. The van der Waals surface area contributed by atoms with Gasteiger partial charge in [0, 0.05) is 32.4 Å². The predicted molar refractivity (Wildman–Crippen MR) is 67.0 cm³/mol. The first kappa shape index (κ1) is 12.1. The molecule has 0 aromatic carbocycles. The molecule has 2 rings (SSSR count). The molecule has 1 aliphatic rings. The van der Waals surface area contributed by atoms with Crippen molar-refractivity contribution in [3.63, 3.8) is 0 Å². The summed E-state index contributed by atoms with van der Waals surface area (Å²) in [4.78, 5) is 14.0. The van der Waals surface area contributed by atoms with Crippen LogP contribution in [0.2, 0.25) is 0 Å². The van der Waals surface area contributed by atoms with Gasteiger partial charge in [-0.05, 0) is 18.6 Å². The van der Waals surface area contributed by atoms with Crippen molar-refractivity contribution in [2.45, 2.75) is 13.0 Å². The van der Waals surface area contributed by atoms with Crippen molar-refractivity contribution >= 4 is 5.69 Å². The summed E-state index contributed by atoms with van der Waals surface area (Å²) in [5.74, 6) is 0. The number of nitrogens with zero attached hydrogens (tertiary/aromatic N) is 2. The van der Waals surface area contributed by atoms with Crippen molar-refractivity contribution in [1.29, 1.82) is 0 Å². The summed E-state index contributed by atoms with van der Waals surface area (Å²) in [6.07, 6.45) is 2.75. The van der Waals surface area contributed by atoms with E-state index < -0.39 is 0 Å². The molecular weight excluding hydrogens is 218 g/mol. The van der Waals surface area contributed by atoms with Crippen molar-refractivity contribution < 1.29 is 4.74 Å². The van der Waals surface area contributed by atoms with Gasteiger partial charge in [0.05, 0.1) is 18.9 Å². The van der Waals surface area contributed by atoms with E-state index in [1.807, 2.05) is 6.07 Å². The van der Waals surface area contributed by atoms with Crippen LogP contribution in [0, 0.1) is 0 Å². The molecule has 0 saturated carbocycles. The molecule has 0 unspecified atom stereocenters. The largest absolute Gasteiger partial charge is 0.394 e. The molecule has 1 saturated heterocycles. The van der Waals surface area contributed by atoms with Crippen LogP contribution in [-0.2, 0) is 11.3 Å². The highest BCUT2D eigenvalue weighted by Crippen LogP contribution is 1.99. The van der Waals surface area contributed by atoms with Gasteiger partial charge in [0.1, 0.15) is 0 Å². The summed E-state index contributed by atoms with van der Waals surface area (Å²) in [5.41, 5.74) is 5.80. The minimum atomic E-state index is -0.0884. The Morgan fingerprint density at radius 3 is 2.82 bits per heavy atom. The second-order valence-electron chi connectivity index (χ2n) is 4.27. The van der Waals surface area contributed by atoms with Crippen molar-refractivity contribution in [3.8, 4) is 0 Å². The first-order chi connectivity index (χ1) is 8.27. The standard InChI is InChI=1S/C12H19N3O2/c13-11-3-1-5-15(12(11)16)6-2-4-14-7-9-17-10-8-14/h1,3,5H,2,4,6-10,13H2. The maximum Gasteiger partial charge on any atom is 0.273 e. The van der Waals surface area contributed by atoms with Gasteiger partial charge in [-0.3, -0.25) is 9.69 Å². The van der Waals surface area contributed by atoms with Gasteiger partial charge in [-0.1, -0.05) is 0 Å². The van der Waals surface area contributed by atoms with Crippen LogP contribution in [0.4, 0.5) is 5.69 Å². The number of anilines is 1. The molecule has 5 heteroatoms. The van der Waals surface area contributed by atoms with Crippen LogP contribution in [0.15, 0.2) is 23.1 Å². The van der Waals surface area contributed by atoms with Crippen molar-refractivity contribution in [3.05, 3.63) is 28.7 Å². The van der Waals surface area contributed by atoms with E-state index in [1.165, 1.54) is 0 Å². The Bertz CT molecular complexity index is 410. The first-order valence-corrected chi connectivity index (χ1v) is 6.02. The van der Waals surface area contributed by atoms with E-state index in [0.717, 1.165) is 45.8 Å². The Hall–Kier alpha value is -1.33. The first-order valence-electron chi connectivity index (χ1n) is 6.02. The summed E-state index contributed by atoms with van der Waals surface area (Å²) in [6.45, 7) is 5.35. The lowest BCUT2D eigenvalue weighted by Crippen LogP contribution is -2.37. The molecular formula is C12H19N3O2. The third-order valence-electron chi connectivity index (χ3n) is 3.03. The Morgan fingerprint density at radius 2 is 2.06 bits per heavy atom. The van der Waals surface area contributed by atoms with Crippen LogP contribution >= 0.6 is 0 Å². The highest BCUT2D eigenvalue weighted by Gasteiger charge is 2.09. The maximum atomic E-state index is 11.7. The number of hydrogen-bond donors (Lipinski definition) is 1. The van der Waals surface area contributed by atoms with Gasteiger partial charge in [-0.15, -0.1) is 0 Å². The lowest BCUT2D eigenvalue weighted by atomic mass is 10.3. The van der Waals surface area contributed by atoms with Crippen LogP contribution in [-0.4, -0.2) is 42.3 Å². The monoisotopic (exact) mass is 237 g/mol. The lowest BCUT2D eigenvalue weighted by Gasteiger charge is -2.26. The molecule has 0 aliphatic carbocycles. The fourth-order valence-corrected chi connectivity index (χ4v) is 2.02. The van der Waals surface area contributed by atoms with Gasteiger partial charge in [0.2, 0.25) is 0 Å². The molecule has 2 heterocycles. The Balaban J connectivity index is 1.81. The number of hydrogen-bond acceptors (Lipinski definition) is 4. The molecule has 0 atom stereocenters. The molecule has 0 spiro atoms. The van der Waals surface area contributed by atoms with Gasteiger partial charge < -0.3 is 15.0 Å². The smallest absolute Gasteiger partial charge is 0.273 e. The number of aryl methyl sites for hydroxylation is 1. The quantitative estimate of drug-likeness (QED) is 0.810. The van der Waals surface area contributed by atoms with Crippen LogP contribution in [0.5, 0.6) is 0 Å². The zero-order valence-electron chi connectivity index (χ0n) is 9.97. The number of nitrogens with two attached hydrogens (primary N) is 1. The molecule has 0 bridgehead atoms. The SMILES string of the molecule is Nc1cccn(CCCN2CCOCC2)c1=O. The van der Waals surface area contributed by atoms with Crippen molar-refractivity contribution in [1.82, 2.24) is 9.47 Å². The minimum Gasteiger partial charge on any atom is -0.394 e. The van der Waals surface area contributed by atoms with Crippen LogP contribution < -0.4 is 11.3 Å². The fraction of sp³-hybridized carbons (Fsp3) is 0.583. The van der Waals surface area contributed by atoms with E-state index in [1.54, 1.807) is 16.8 Å². The summed E-state index contributed by atoms with van der Waals surface area (Å²) in [5, 5.41) is 0. The Kier molecular flexibility index (Phi) is 4.17. The fourth-order valence-electron chi connectivity index (χ4n) is 2.02. The molecule has 0 amide bonds. The average molecular weight is 237 g/mol. The van der Waals surface area contributed by atoms with E-state index in [9.17, 15) is 4.79 Å². The second-order valence-corrected chi connectivity index (χ2v) is 4.27. The summed E-state index contributed by atoms with van der Waals surface area (Å²) in [7, 11) is 0. The molecule has 0 radical (unpaired) electrons. The number of morpholine rings is 1. The predicted octanol–water partition coefficient (Wildman–Crippen LogP) is 0.153. The molecule has 17 heavy (non-hydrogen) atoms. The zero-order chi connectivity index (χ0) is 12.1. The maximum absolute atomic E-state index is 11.7. The van der Waals surface area contributed by atoms with E-state index in [0.29, 0.717) is 5.69 Å². The van der Waals surface area contributed by atoms with Gasteiger partial charge >= 0.3 is 0 Å². The van der Waals surface area contributed by atoms with Crippen LogP contribution in [0.1, 0.15) is 6.42 Å². The highest BCUT2D eigenvalue weighted by atomic mass is 16.5. The van der Waals surface area contributed by atoms with Crippen molar-refractivity contribution in [2.75, 3.05) is 38.6 Å². The number of aromatic nitrogens is 1. The molecule has 2 N–H and O–H groups in total. The molecule has 1 fully saturated rings. The average Bonchev–Trinajstić information content (AvgIpc) is 2.36. The third-order valence-corrected chi connectivity index (χ3v) is 3.03. The van der Waals surface area contributed by atoms with Gasteiger partial charge in [-0.2, -0.15) is 0 Å². The van der Waals surface area contributed by atoms with E-state index in [2.05, 4.69) is 4.90 Å². The molecule has 5 nitrogen and oxygen atoms in total. The van der Waals surface area contributed by atoms with Gasteiger partial charge in [-0.25, -0.2) is 0 Å². The molecule has 1 aromatic rings. The molecule has 1 aliphatic heterocycles. The molecule has 94 valence electrons. The van der Waals surface area contributed by atoms with Gasteiger partial charge in [0.15, 0.2) is 0 Å². The number of ether oxygens (including phenoxy) is 1. The lowest BCUT2D eigenvalue weighted by molar-refractivity contribution is 0.0369. The van der Waals surface area contributed by atoms with E-state index in [-0.39, 0.29) is 5.56 Å². The molecule has 1 aromatic heterocycles. The summed E-state index contributed by atoms with van der Waals surface area (Å²) in [6, 6.07) is 3.45. The van der Waals surface area contributed by atoms with E-state index >= 15 is 0 Å². The third kappa shape index (κ3) is 3.31. The van der Waals surface area contributed by atoms with E-state index in [4.69, 9.17) is 10.5 Å². The number of rotatable bonds is 4. The van der Waals surface area contributed by atoms with Crippen LogP contribution in [0.3, 0.4) is 0 Å². The topological polar surface area (TPSA) is 60.5 Å². The minimum absolute atomic E-state index is 0.0884. The summed E-state index contributed by atoms with van der Waals surface area (Å²) >= 11 is 0. The number of nitrogen functional groups attached to an aromatic ring is 1. The van der Waals surface area contributed by atoms with Gasteiger partial charge in [0.25, 0.3) is 5.56 Å². The normalized spacial score (nSPS) is 17.2. The summed E-state index contributed by atoms with van der Waals surface area (Å²) < 4.78 is 6.96. The Morgan fingerprint density at radius 1 is 1.29 bits per heavy atom. The van der Waals surface area contributed by atoms with Crippen LogP contribution in [0.25, 0.3) is 0 Å². The zero-order valence-corrected chi connectivity index (χ0v) is 9.97. The number of pyridine rings is 1. The highest BCUT2D eigenvalue weighted by molar-refractivity contribution is 5.33. The van der Waals surface area contributed by atoms with Crippen molar-refractivity contribution in [2.24, 2.45) is 0 Å².